The summed E-state index contributed by atoms with van der Waals surface area (Å²) < 4.78 is 0. The third-order valence-corrected chi connectivity index (χ3v) is 3.71. The molecule has 0 aliphatic rings. The van der Waals surface area contributed by atoms with E-state index in [-0.39, 0.29) is 6.42 Å². The highest BCUT2D eigenvalue weighted by Gasteiger charge is 2.12. The number of allylic oxidation sites excluding steroid dienone is 4. The average molecular weight is 338 g/mol. The Kier molecular flexibility index (Phi) is 15.5. The quantitative estimate of drug-likeness (QED) is 0.306. The van der Waals surface area contributed by atoms with Crippen molar-refractivity contribution >= 4 is 5.97 Å². The van der Waals surface area contributed by atoms with Crippen LogP contribution in [0, 0.1) is 0 Å². The first-order valence-electron chi connectivity index (χ1n) is 9.10. The van der Waals surface area contributed by atoms with Crippen molar-refractivity contribution in [2.45, 2.75) is 83.3 Å². The number of carbonyl (C=O) groups is 1. The minimum absolute atomic E-state index is 0.206. The predicted octanol–water partition coefficient (Wildman–Crippen LogP) is 4.38. The molecule has 0 bridgehead atoms. The summed E-state index contributed by atoms with van der Waals surface area (Å²) in [4.78, 5) is 10.3. The van der Waals surface area contributed by atoms with Crippen LogP contribution in [0.5, 0.6) is 0 Å². The largest absolute Gasteiger partial charge is 0.481 e. The molecule has 0 aliphatic heterocycles. The molecule has 0 spiro atoms. The van der Waals surface area contributed by atoms with Crippen LogP contribution in [-0.4, -0.2) is 33.5 Å². The fraction of sp³-hybridized carbons (Fsp3) is 0.650. The van der Waals surface area contributed by atoms with Crippen LogP contribution in [0.25, 0.3) is 0 Å². The Balaban J connectivity index is 3.69. The highest BCUT2D eigenvalue weighted by atomic mass is 16.4. The lowest BCUT2D eigenvalue weighted by atomic mass is 10.1. The molecule has 0 aromatic carbocycles. The molecule has 0 rings (SSSR count). The van der Waals surface area contributed by atoms with Crippen LogP contribution >= 0.6 is 0 Å². The SMILES string of the molecule is CCCCCC=CC[C@@H](O)[C@H](O)CC=CCC=CCCCC(=O)O. The Morgan fingerprint density at radius 1 is 0.833 bits per heavy atom. The first-order valence-corrected chi connectivity index (χ1v) is 9.10. The van der Waals surface area contributed by atoms with Crippen LogP contribution in [0.2, 0.25) is 0 Å². The summed E-state index contributed by atoms with van der Waals surface area (Å²) in [6.07, 6.45) is 18.3. The molecule has 2 atom stereocenters. The van der Waals surface area contributed by atoms with E-state index >= 15 is 0 Å². The second-order valence-electron chi connectivity index (χ2n) is 6.04. The first-order chi connectivity index (χ1) is 11.6. The molecule has 0 fully saturated rings. The van der Waals surface area contributed by atoms with E-state index in [9.17, 15) is 15.0 Å². The smallest absolute Gasteiger partial charge is 0.303 e. The van der Waals surface area contributed by atoms with Crippen molar-refractivity contribution in [3.63, 3.8) is 0 Å². The third kappa shape index (κ3) is 15.5. The van der Waals surface area contributed by atoms with Crippen LogP contribution in [-0.2, 0) is 4.79 Å². The van der Waals surface area contributed by atoms with E-state index in [1.54, 1.807) is 0 Å². The second-order valence-corrected chi connectivity index (χ2v) is 6.04. The number of aliphatic hydroxyl groups is 2. The van der Waals surface area contributed by atoms with Crippen molar-refractivity contribution < 1.29 is 20.1 Å². The summed E-state index contributed by atoms with van der Waals surface area (Å²) in [7, 11) is 0. The lowest BCUT2D eigenvalue weighted by molar-refractivity contribution is -0.137. The number of hydrogen-bond donors (Lipinski definition) is 3. The number of aliphatic carboxylic acids is 1. The van der Waals surface area contributed by atoms with Gasteiger partial charge in [-0.15, -0.1) is 0 Å². The summed E-state index contributed by atoms with van der Waals surface area (Å²) in [5.74, 6) is -0.758. The molecule has 138 valence electrons. The summed E-state index contributed by atoms with van der Waals surface area (Å²) >= 11 is 0. The summed E-state index contributed by atoms with van der Waals surface area (Å²) in [5.41, 5.74) is 0. The monoisotopic (exact) mass is 338 g/mol. The molecule has 0 saturated heterocycles. The highest BCUT2D eigenvalue weighted by Crippen LogP contribution is 2.07. The van der Waals surface area contributed by atoms with Gasteiger partial charge in [0.05, 0.1) is 12.2 Å². The molecule has 0 aromatic rings. The zero-order valence-corrected chi connectivity index (χ0v) is 14.9. The predicted molar refractivity (Wildman–Crippen MR) is 98.9 cm³/mol. The van der Waals surface area contributed by atoms with Gasteiger partial charge in [-0.05, 0) is 44.9 Å². The van der Waals surface area contributed by atoms with Crippen molar-refractivity contribution in [1.29, 1.82) is 0 Å². The molecular formula is C20H34O4. The maximum Gasteiger partial charge on any atom is 0.303 e. The maximum atomic E-state index is 10.3. The van der Waals surface area contributed by atoms with E-state index in [1.165, 1.54) is 19.3 Å². The van der Waals surface area contributed by atoms with Gasteiger partial charge in [0.25, 0.3) is 0 Å². The van der Waals surface area contributed by atoms with Crippen molar-refractivity contribution in [3.05, 3.63) is 36.5 Å². The van der Waals surface area contributed by atoms with Gasteiger partial charge < -0.3 is 15.3 Å². The lowest BCUT2D eigenvalue weighted by Crippen LogP contribution is -2.24. The molecule has 0 aromatic heterocycles. The fourth-order valence-corrected chi connectivity index (χ4v) is 2.18. The van der Waals surface area contributed by atoms with Crippen molar-refractivity contribution in [2.75, 3.05) is 0 Å². The minimum atomic E-state index is -0.758. The van der Waals surface area contributed by atoms with E-state index < -0.39 is 18.2 Å². The summed E-state index contributed by atoms with van der Waals surface area (Å²) in [5, 5.41) is 28.2. The Morgan fingerprint density at radius 3 is 2.00 bits per heavy atom. The Bertz CT molecular complexity index is 385. The average Bonchev–Trinajstić information content (AvgIpc) is 2.55. The summed E-state index contributed by atoms with van der Waals surface area (Å²) in [6, 6.07) is 0. The van der Waals surface area contributed by atoms with Crippen molar-refractivity contribution in [2.24, 2.45) is 0 Å². The van der Waals surface area contributed by atoms with Gasteiger partial charge in [-0.25, -0.2) is 0 Å². The van der Waals surface area contributed by atoms with Gasteiger partial charge in [0, 0.05) is 6.42 Å². The molecule has 4 nitrogen and oxygen atoms in total. The molecular weight excluding hydrogens is 304 g/mol. The number of carboxylic acids is 1. The molecule has 0 unspecified atom stereocenters. The van der Waals surface area contributed by atoms with Gasteiger partial charge in [0.15, 0.2) is 0 Å². The number of hydrogen-bond acceptors (Lipinski definition) is 3. The normalized spacial score (nSPS) is 14.8. The molecule has 4 heteroatoms. The fourth-order valence-electron chi connectivity index (χ4n) is 2.18. The number of aliphatic hydroxyl groups excluding tert-OH is 2. The van der Waals surface area contributed by atoms with Gasteiger partial charge in [0.1, 0.15) is 0 Å². The van der Waals surface area contributed by atoms with E-state index in [1.807, 2.05) is 30.4 Å². The molecule has 0 amide bonds. The van der Waals surface area contributed by atoms with Gasteiger partial charge >= 0.3 is 5.97 Å². The zero-order valence-electron chi connectivity index (χ0n) is 14.9. The standard InChI is InChI=1S/C20H34O4/c1-2-3-4-5-9-12-15-18(21)19(22)16-13-10-7-6-8-11-14-17-20(23)24/h6,8-10,12-13,18-19,21-22H,2-5,7,11,14-17H2,1H3,(H,23,24)/t18-,19-/m1/s1. The Morgan fingerprint density at radius 2 is 1.38 bits per heavy atom. The van der Waals surface area contributed by atoms with Crippen LogP contribution < -0.4 is 0 Å². The molecule has 0 saturated carbocycles. The van der Waals surface area contributed by atoms with Crippen LogP contribution in [0.15, 0.2) is 36.5 Å². The molecule has 0 radical (unpaired) electrons. The Labute approximate surface area is 146 Å². The molecule has 0 aliphatic carbocycles. The number of rotatable bonds is 15. The van der Waals surface area contributed by atoms with Gasteiger partial charge in [-0.2, -0.15) is 0 Å². The van der Waals surface area contributed by atoms with E-state index in [0.717, 1.165) is 19.3 Å². The van der Waals surface area contributed by atoms with Crippen molar-refractivity contribution in [1.82, 2.24) is 0 Å². The van der Waals surface area contributed by atoms with E-state index in [2.05, 4.69) is 13.0 Å². The van der Waals surface area contributed by atoms with Crippen molar-refractivity contribution in [3.8, 4) is 0 Å². The second kappa shape index (κ2) is 16.5. The van der Waals surface area contributed by atoms with Gasteiger partial charge in [-0.1, -0.05) is 56.2 Å². The Hall–Kier alpha value is -1.39. The zero-order chi connectivity index (χ0) is 18.0. The maximum absolute atomic E-state index is 10.3. The van der Waals surface area contributed by atoms with E-state index in [0.29, 0.717) is 19.3 Å². The summed E-state index contributed by atoms with van der Waals surface area (Å²) in [6.45, 7) is 2.17. The molecule has 24 heavy (non-hydrogen) atoms. The van der Waals surface area contributed by atoms with Crippen LogP contribution in [0.1, 0.15) is 71.1 Å². The van der Waals surface area contributed by atoms with E-state index in [4.69, 9.17) is 5.11 Å². The molecule has 0 heterocycles. The van der Waals surface area contributed by atoms with Crippen LogP contribution in [0.4, 0.5) is 0 Å². The lowest BCUT2D eigenvalue weighted by Gasteiger charge is -2.14. The highest BCUT2D eigenvalue weighted by molar-refractivity contribution is 5.66. The third-order valence-electron chi connectivity index (χ3n) is 3.71. The van der Waals surface area contributed by atoms with Crippen LogP contribution in [0.3, 0.4) is 0 Å². The van der Waals surface area contributed by atoms with Gasteiger partial charge in [0.2, 0.25) is 0 Å². The molecule has 3 N–H and O–H groups in total. The van der Waals surface area contributed by atoms with Gasteiger partial charge in [-0.3, -0.25) is 4.79 Å². The number of unbranched alkanes of at least 4 members (excludes halogenated alkanes) is 4. The topological polar surface area (TPSA) is 77.8 Å². The number of carboxylic acid groups (broad SMARTS) is 1. The minimum Gasteiger partial charge on any atom is -0.481 e. The first kappa shape index (κ1) is 22.6.